The first-order valence-electron chi connectivity index (χ1n) is 11.0. The van der Waals surface area contributed by atoms with Crippen LogP contribution >= 0.6 is 0 Å². The van der Waals surface area contributed by atoms with E-state index in [1.165, 1.54) is 5.56 Å². The Balaban J connectivity index is 1.37. The quantitative estimate of drug-likeness (QED) is 0.211. The lowest BCUT2D eigenvalue weighted by Gasteiger charge is -2.07. The number of fused-ring (bicyclic) bond motifs is 1. The Kier molecular flexibility index (Phi) is 7.15. The number of Topliss-reactive ketones (excluding diaryl/α,β-unsaturated/α-hetero) is 1. The van der Waals surface area contributed by atoms with Crippen LogP contribution in [0.15, 0.2) is 72.8 Å². The SMILES string of the molecule is CCOC(=O)CC(=O)c1cccc2[nH]c(CCc3ccc(OCc4ccccc4)cc3)nc12. The Morgan fingerprint density at radius 1 is 0.879 bits per heavy atom. The van der Waals surface area contributed by atoms with Crippen molar-refractivity contribution < 1.29 is 19.1 Å². The number of rotatable bonds is 10. The molecule has 0 saturated heterocycles. The molecular weight excluding hydrogens is 416 g/mol. The minimum absolute atomic E-state index is 0.253. The van der Waals surface area contributed by atoms with Crippen LogP contribution in [-0.2, 0) is 29.0 Å². The summed E-state index contributed by atoms with van der Waals surface area (Å²) in [7, 11) is 0. The van der Waals surface area contributed by atoms with Crippen LogP contribution in [0.25, 0.3) is 11.0 Å². The van der Waals surface area contributed by atoms with E-state index in [1.807, 2.05) is 48.5 Å². The van der Waals surface area contributed by atoms with E-state index in [4.69, 9.17) is 9.47 Å². The molecule has 33 heavy (non-hydrogen) atoms. The molecule has 6 nitrogen and oxygen atoms in total. The summed E-state index contributed by atoms with van der Waals surface area (Å²) in [6.45, 7) is 2.51. The number of H-pyrrole nitrogens is 1. The number of nitrogens with zero attached hydrogens (tertiary/aromatic N) is 1. The number of esters is 1. The van der Waals surface area contributed by atoms with Crippen LogP contribution in [0.1, 0.15) is 40.7 Å². The van der Waals surface area contributed by atoms with Gasteiger partial charge in [-0.05, 0) is 48.7 Å². The van der Waals surface area contributed by atoms with Gasteiger partial charge in [-0.25, -0.2) is 4.98 Å². The number of aromatic amines is 1. The molecule has 0 aliphatic heterocycles. The second-order valence-electron chi connectivity index (χ2n) is 7.71. The number of aromatic nitrogens is 2. The maximum atomic E-state index is 12.5. The molecule has 4 aromatic rings. The third-order valence-corrected chi connectivity index (χ3v) is 5.29. The number of hydrogen-bond donors (Lipinski definition) is 1. The van der Waals surface area contributed by atoms with Gasteiger partial charge in [0, 0.05) is 12.0 Å². The number of benzene rings is 3. The maximum Gasteiger partial charge on any atom is 0.313 e. The van der Waals surface area contributed by atoms with Crippen molar-refractivity contribution in [1.82, 2.24) is 9.97 Å². The zero-order chi connectivity index (χ0) is 23.0. The molecule has 1 N–H and O–H groups in total. The number of ketones is 1. The number of carbonyl (C=O) groups excluding carboxylic acids is 2. The summed E-state index contributed by atoms with van der Waals surface area (Å²) in [4.78, 5) is 32.1. The van der Waals surface area contributed by atoms with Crippen molar-refractivity contribution in [3.05, 3.63) is 95.3 Å². The lowest BCUT2D eigenvalue weighted by atomic mass is 10.1. The van der Waals surface area contributed by atoms with Gasteiger partial charge in [0.05, 0.1) is 17.6 Å². The van der Waals surface area contributed by atoms with Crippen LogP contribution in [0, 0.1) is 0 Å². The highest BCUT2D eigenvalue weighted by Crippen LogP contribution is 2.20. The van der Waals surface area contributed by atoms with Gasteiger partial charge in [0.15, 0.2) is 5.78 Å². The van der Waals surface area contributed by atoms with Gasteiger partial charge in [0.2, 0.25) is 0 Å². The Labute approximate surface area is 192 Å². The van der Waals surface area contributed by atoms with Crippen molar-refractivity contribution in [2.24, 2.45) is 0 Å². The highest BCUT2D eigenvalue weighted by molar-refractivity contribution is 6.12. The van der Waals surface area contributed by atoms with Crippen molar-refractivity contribution >= 4 is 22.8 Å². The second-order valence-corrected chi connectivity index (χ2v) is 7.71. The Morgan fingerprint density at radius 3 is 2.42 bits per heavy atom. The lowest BCUT2D eigenvalue weighted by molar-refractivity contribution is -0.141. The number of nitrogens with one attached hydrogen (secondary N) is 1. The van der Waals surface area contributed by atoms with Gasteiger partial charge < -0.3 is 14.5 Å². The fraction of sp³-hybridized carbons (Fsp3) is 0.222. The van der Waals surface area contributed by atoms with Crippen LogP contribution in [0.3, 0.4) is 0 Å². The molecule has 4 rings (SSSR count). The van der Waals surface area contributed by atoms with Crippen molar-refractivity contribution in [2.45, 2.75) is 32.8 Å². The first-order valence-corrected chi connectivity index (χ1v) is 11.0. The third kappa shape index (κ3) is 5.86. The summed E-state index contributed by atoms with van der Waals surface area (Å²) < 4.78 is 10.7. The Bertz CT molecular complexity index is 1230. The van der Waals surface area contributed by atoms with E-state index in [-0.39, 0.29) is 18.8 Å². The second kappa shape index (κ2) is 10.6. The standard InChI is InChI=1S/C27H26N2O4/c1-2-32-26(31)17-24(30)22-9-6-10-23-27(22)29-25(28-23)16-13-19-11-14-21(15-12-19)33-18-20-7-4-3-5-8-20/h3-12,14-15H,2,13,16-18H2,1H3,(H,28,29). The molecule has 3 aromatic carbocycles. The van der Waals surface area contributed by atoms with E-state index >= 15 is 0 Å². The number of imidazole rings is 1. The van der Waals surface area contributed by atoms with E-state index in [9.17, 15) is 9.59 Å². The van der Waals surface area contributed by atoms with Gasteiger partial charge >= 0.3 is 5.97 Å². The zero-order valence-electron chi connectivity index (χ0n) is 18.5. The number of ether oxygens (including phenoxy) is 2. The molecule has 1 aromatic heterocycles. The monoisotopic (exact) mass is 442 g/mol. The maximum absolute atomic E-state index is 12.5. The van der Waals surface area contributed by atoms with Crippen LogP contribution in [0.2, 0.25) is 0 Å². The summed E-state index contributed by atoms with van der Waals surface area (Å²) >= 11 is 0. The molecule has 0 atom stereocenters. The summed E-state index contributed by atoms with van der Waals surface area (Å²) in [5.74, 6) is 0.816. The van der Waals surface area contributed by atoms with E-state index in [0.717, 1.165) is 29.1 Å². The van der Waals surface area contributed by atoms with E-state index in [0.29, 0.717) is 24.1 Å². The third-order valence-electron chi connectivity index (χ3n) is 5.29. The van der Waals surface area contributed by atoms with Crippen molar-refractivity contribution in [1.29, 1.82) is 0 Å². The Hall–Kier alpha value is -3.93. The molecule has 0 saturated carbocycles. The van der Waals surface area contributed by atoms with Crippen molar-refractivity contribution in [2.75, 3.05) is 6.61 Å². The Morgan fingerprint density at radius 2 is 1.67 bits per heavy atom. The highest BCUT2D eigenvalue weighted by Gasteiger charge is 2.17. The molecule has 0 amide bonds. The highest BCUT2D eigenvalue weighted by atomic mass is 16.5. The van der Waals surface area contributed by atoms with Crippen molar-refractivity contribution in [3.63, 3.8) is 0 Å². The normalized spacial score (nSPS) is 10.8. The van der Waals surface area contributed by atoms with E-state index in [1.54, 1.807) is 19.1 Å². The van der Waals surface area contributed by atoms with Crippen LogP contribution in [0.5, 0.6) is 5.75 Å². The lowest BCUT2D eigenvalue weighted by Crippen LogP contribution is -2.11. The molecule has 0 radical (unpaired) electrons. The molecule has 0 bridgehead atoms. The molecule has 1 heterocycles. The predicted molar refractivity (Wildman–Crippen MR) is 126 cm³/mol. The topological polar surface area (TPSA) is 81.3 Å². The van der Waals surface area contributed by atoms with Gasteiger partial charge in [-0.2, -0.15) is 0 Å². The number of para-hydroxylation sites is 1. The number of aryl methyl sites for hydroxylation is 2. The predicted octanol–water partition coefficient (Wildman–Crippen LogP) is 5.06. The van der Waals surface area contributed by atoms with Gasteiger partial charge in [0.1, 0.15) is 24.6 Å². The van der Waals surface area contributed by atoms with Crippen LogP contribution in [-0.4, -0.2) is 28.3 Å². The first-order chi connectivity index (χ1) is 16.1. The average Bonchev–Trinajstić information content (AvgIpc) is 3.26. The summed E-state index contributed by atoms with van der Waals surface area (Å²) in [6.07, 6.45) is 1.21. The largest absolute Gasteiger partial charge is 0.489 e. The first kappa shape index (κ1) is 22.3. The molecule has 6 heteroatoms. The molecule has 0 spiro atoms. The molecule has 0 unspecified atom stereocenters. The fourth-order valence-corrected chi connectivity index (χ4v) is 3.62. The number of hydrogen-bond acceptors (Lipinski definition) is 5. The minimum Gasteiger partial charge on any atom is -0.489 e. The smallest absolute Gasteiger partial charge is 0.313 e. The molecule has 168 valence electrons. The summed E-state index contributed by atoms with van der Waals surface area (Å²) in [5.41, 5.74) is 4.10. The minimum atomic E-state index is -0.522. The molecular formula is C27H26N2O4. The zero-order valence-corrected chi connectivity index (χ0v) is 18.5. The summed E-state index contributed by atoms with van der Waals surface area (Å²) in [6, 6.07) is 23.5. The van der Waals surface area contributed by atoms with Gasteiger partial charge in [0.25, 0.3) is 0 Å². The average molecular weight is 443 g/mol. The van der Waals surface area contributed by atoms with Crippen LogP contribution in [0.4, 0.5) is 0 Å². The van der Waals surface area contributed by atoms with Crippen molar-refractivity contribution in [3.8, 4) is 5.75 Å². The van der Waals surface area contributed by atoms with E-state index < -0.39 is 5.97 Å². The van der Waals surface area contributed by atoms with Crippen LogP contribution < -0.4 is 4.74 Å². The van der Waals surface area contributed by atoms with Gasteiger partial charge in [-0.15, -0.1) is 0 Å². The summed E-state index contributed by atoms with van der Waals surface area (Å²) in [5, 5.41) is 0. The molecule has 0 aliphatic rings. The van der Waals surface area contributed by atoms with E-state index in [2.05, 4.69) is 22.1 Å². The molecule has 0 aliphatic carbocycles. The number of carbonyl (C=O) groups is 2. The van der Waals surface area contributed by atoms with Gasteiger partial charge in [-0.3, -0.25) is 9.59 Å². The fourth-order valence-electron chi connectivity index (χ4n) is 3.62. The molecule has 0 fully saturated rings. The van der Waals surface area contributed by atoms with Gasteiger partial charge in [-0.1, -0.05) is 48.5 Å².